The zero-order valence-electron chi connectivity index (χ0n) is 9.07. The molecule has 0 aliphatic heterocycles. The molecule has 90 valence electrons. The number of halogens is 2. The molecule has 0 saturated carbocycles. The van der Waals surface area contributed by atoms with Crippen molar-refractivity contribution in [2.24, 2.45) is 0 Å². The minimum atomic E-state index is -3.24. The van der Waals surface area contributed by atoms with Gasteiger partial charge in [0.1, 0.15) is 0 Å². The van der Waals surface area contributed by atoms with E-state index in [2.05, 4.69) is 15.9 Å². The maximum absolute atomic E-state index is 12.4. The summed E-state index contributed by atoms with van der Waals surface area (Å²) in [6, 6.07) is 5.00. The Balaban J connectivity index is 3.15. The van der Waals surface area contributed by atoms with Crippen LogP contribution in [0.4, 0.5) is 0 Å². The predicted molar refractivity (Wildman–Crippen MR) is 69.6 cm³/mol. The van der Waals surface area contributed by atoms with Gasteiger partial charge in [-0.3, -0.25) is 4.57 Å². The Kier molecular flexibility index (Phi) is 5.48. The van der Waals surface area contributed by atoms with Crippen LogP contribution in [0.2, 0.25) is 5.02 Å². The summed E-state index contributed by atoms with van der Waals surface area (Å²) in [5, 5.41) is 0.958. The van der Waals surface area contributed by atoms with Crippen LogP contribution in [0.15, 0.2) is 22.7 Å². The molecule has 1 rings (SSSR count). The van der Waals surface area contributed by atoms with Gasteiger partial charge in [0.05, 0.1) is 18.5 Å². The largest absolute Gasteiger partial charge is 0.361 e. The van der Waals surface area contributed by atoms with Crippen molar-refractivity contribution in [3.8, 4) is 0 Å². The third-order valence-corrected chi connectivity index (χ3v) is 4.52. The topological polar surface area (TPSA) is 35.5 Å². The van der Waals surface area contributed by atoms with Crippen molar-refractivity contribution >= 4 is 40.4 Å². The highest BCUT2D eigenvalue weighted by atomic mass is 79.9. The van der Waals surface area contributed by atoms with Crippen LogP contribution >= 0.6 is 35.1 Å². The molecule has 0 unspecified atom stereocenters. The van der Waals surface area contributed by atoms with Crippen molar-refractivity contribution in [2.75, 3.05) is 13.2 Å². The minimum absolute atomic E-state index is 0.321. The van der Waals surface area contributed by atoms with E-state index < -0.39 is 7.60 Å². The zero-order chi connectivity index (χ0) is 12.2. The fourth-order valence-corrected chi connectivity index (χ4v) is 3.98. The summed E-state index contributed by atoms with van der Waals surface area (Å²) in [5.74, 6) is 0. The smallest absolute Gasteiger partial charge is 0.305 e. The highest BCUT2D eigenvalue weighted by Gasteiger charge is 2.27. The van der Waals surface area contributed by atoms with Gasteiger partial charge in [-0.15, -0.1) is 0 Å². The standard InChI is InChI=1S/C10H13BrClO3P/c1-3-14-16(13,15-4-2)10-6-8(11)5-9(12)7-10/h5-7H,3-4H2,1-2H3. The molecule has 16 heavy (non-hydrogen) atoms. The SMILES string of the molecule is CCOP(=O)(OCC)c1cc(Cl)cc(Br)c1. The van der Waals surface area contributed by atoms with E-state index in [0.29, 0.717) is 23.5 Å². The normalized spacial score (nSPS) is 11.8. The molecule has 0 radical (unpaired) electrons. The number of rotatable bonds is 5. The minimum Gasteiger partial charge on any atom is -0.305 e. The van der Waals surface area contributed by atoms with Crippen LogP contribution in [0, 0.1) is 0 Å². The molecular weight excluding hydrogens is 314 g/mol. The first-order valence-electron chi connectivity index (χ1n) is 4.87. The molecule has 6 heteroatoms. The fraction of sp³-hybridized carbons (Fsp3) is 0.400. The van der Waals surface area contributed by atoms with Gasteiger partial charge < -0.3 is 9.05 Å². The van der Waals surface area contributed by atoms with Crippen LogP contribution in [0.5, 0.6) is 0 Å². The molecule has 0 saturated heterocycles. The number of hydrogen-bond acceptors (Lipinski definition) is 3. The Morgan fingerprint density at radius 1 is 1.25 bits per heavy atom. The summed E-state index contributed by atoms with van der Waals surface area (Å²) in [7, 11) is -3.24. The van der Waals surface area contributed by atoms with Crippen molar-refractivity contribution in [2.45, 2.75) is 13.8 Å². The van der Waals surface area contributed by atoms with Crippen LogP contribution in [-0.2, 0) is 13.6 Å². The van der Waals surface area contributed by atoms with Gasteiger partial charge in [-0.2, -0.15) is 0 Å². The van der Waals surface area contributed by atoms with Crippen molar-refractivity contribution in [3.05, 3.63) is 27.7 Å². The highest BCUT2D eigenvalue weighted by Crippen LogP contribution is 2.47. The first-order valence-corrected chi connectivity index (χ1v) is 7.59. The van der Waals surface area contributed by atoms with Gasteiger partial charge in [0, 0.05) is 9.50 Å². The second-order valence-electron chi connectivity index (χ2n) is 2.96. The molecule has 0 aromatic heterocycles. The van der Waals surface area contributed by atoms with Crippen molar-refractivity contribution in [3.63, 3.8) is 0 Å². The van der Waals surface area contributed by atoms with Gasteiger partial charge in [0.25, 0.3) is 0 Å². The molecule has 0 bridgehead atoms. The van der Waals surface area contributed by atoms with Gasteiger partial charge in [0.15, 0.2) is 0 Å². The number of benzene rings is 1. The average molecular weight is 328 g/mol. The Labute approximate surface area is 109 Å². The van der Waals surface area contributed by atoms with Gasteiger partial charge >= 0.3 is 7.60 Å². The molecule has 0 fully saturated rings. The summed E-state index contributed by atoms with van der Waals surface area (Å²) in [6.45, 7) is 4.18. The lowest BCUT2D eigenvalue weighted by Crippen LogP contribution is -2.10. The Morgan fingerprint density at radius 3 is 2.25 bits per heavy atom. The summed E-state index contributed by atoms with van der Waals surface area (Å²) >= 11 is 9.19. The lowest BCUT2D eigenvalue weighted by atomic mass is 10.4. The highest BCUT2D eigenvalue weighted by molar-refractivity contribution is 9.10. The summed E-state index contributed by atoms with van der Waals surface area (Å²) in [6.07, 6.45) is 0. The molecule has 0 aliphatic rings. The lowest BCUT2D eigenvalue weighted by Gasteiger charge is -2.17. The third-order valence-electron chi connectivity index (χ3n) is 1.76. The fourth-order valence-electron chi connectivity index (χ4n) is 1.22. The van der Waals surface area contributed by atoms with Crippen LogP contribution in [0.25, 0.3) is 0 Å². The van der Waals surface area contributed by atoms with E-state index in [1.54, 1.807) is 32.0 Å². The van der Waals surface area contributed by atoms with E-state index in [9.17, 15) is 4.57 Å². The van der Waals surface area contributed by atoms with Crippen LogP contribution in [-0.4, -0.2) is 13.2 Å². The van der Waals surface area contributed by atoms with Crippen molar-refractivity contribution < 1.29 is 13.6 Å². The van der Waals surface area contributed by atoms with Crippen LogP contribution in [0.1, 0.15) is 13.8 Å². The van der Waals surface area contributed by atoms with Crippen LogP contribution < -0.4 is 5.30 Å². The van der Waals surface area contributed by atoms with Gasteiger partial charge in [-0.05, 0) is 32.0 Å². The Hall–Kier alpha value is 0.140. The quantitative estimate of drug-likeness (QED) is 0.767. The first-order chi connectivity index (χ1) is 7.51. The van der Waals surface area contributed by atoms with E-state index in [1.165, 1.54) is 0 Å². The average Bonchev–Trinajstić information content (AvgIpc) is 2.16. The van der Waals surface area contributed by atoms with E-state index in [-0.39, 0.29) is 0 Å². The second-order valence-corrected chi connectivity index (χ2v) is 6.34. The molecule has 0 amide bonds. The molecule has 3 nitrogen and oxygen atoms in total. The monoisotopic (exact) mass is 326 g/mol. The van der Waals surface area contributed by atoms with Crippen LogP contribution in [0.3, 0.4) is 0 Å². The maximum Gasteiger partial charge on any atom is 0.361 e. The molecule has 0 aliphatic carbocycles. The Morgan fingerprint density at radius 2 is 1.81 bits per heavy atom. The van der Waals surface area contributed by atoms with Crippen molar-refractivity contribution in [1.82, 2.24) is 0 Å². The molecular formula is C10H13BrClO3P. The van der Waals surface area contributed by atoms with E-state index in [1.807, 2.05) is 0 Å². The van der Waals surface area contributed by atoms with Gasteiger partial charge in [-0.25, -0.2) is 0 Å². The molecule has 0 spiro atoms. The third kappa shape index (κ3) is 3.57. The summed E-state index contributed by atoms with van der Waals surface area (Å²) in [4.78, 5) is 0. The second kappa shape index (κ2) is 6.18. The maximum atomic E-state index is 12.4. The number of hydrogen-bond donors (Lipinski definition) is 0. The molecule has 1 aromatic carbocycles. The Bertz CT molecular complexity index is 381. The summed E-state index contributed by atoms with van der Waals surface area (Å²) in [5.41, 5.74) is 0. The molecule has 0 N–H and O–H groups in total. The predicted octanol–water partition coefficient (Wildman–Crippen LogP) is 3.99. The van der Waals surface area contributed by atoms with Gasteiger partial charge in [-0.1, -0.05) is 27.5 Å². The molecule has 0 atom stereocenters. The first kappa shape index (κ1) is 14.2. The van der Waals surface area contributed by atoms with Crippen molar-refractivity contribution in [1.29, 1.82) is 0 Å². The summed E-state index contributed by atoms with van der Waals surface area (Å²) < 4.78 is 23.6. The van der Waals surface area contributed by atoms with E-state index in [4.69, 9.17) is 20.6 Å². The van der Waals surface area contributed by atoms with E-state index in [0.717, 1.165) is 4.47 Å². The molecule has 0 heterocycles. The van der Waals surface area contributed by atoms with Gasteiger partial charge in [0.2, 0.25) is 0 Å². The van der Waals surface area contributed by atoms with E-state index >= 15 is 0 Å². The lowest BCUT2D eigenvalue weighted by molar-refractivity contribution is 0.230. The zero-order valence-corrected chi connectivity index (χ0v) is 12.3. The molecule has 1 aromatic rings.